The van der Waals surface area contributed by atoms with Crippen LogP contribution in [0.3, 0.4) is 0 Å². The summed E-state index contributed by atoms with van der Waals surface area (Å²) in [5.74, 6) is -1.26. The topological polar surface area (TPSA) is 20.3 Å². The van der Waals surface area contributed by atoms with E-state index < -0.39 is 12.1 Å². The van der Waals surface area contributed by atoms with E-state index in [1.54, 1.807) is 11.9 Å². The van der Waals surface area contributed by atoms with E-state index in [4.69, 9.17) is 11.6 Å². The Morgan fingerprint density at radius 3 is 2.22 bits per heavy atom. The zero-order valence-electron chi connectivity index (χ0n) is 10.6. The normalized spacial score (nSPS) is 26.8. The molecule has 0 N–H and O–H groups in total. The number of carbonyl (C=O) groups excluding carboxylic acids is 1. The maximum absolute atomic E-state index is 12.5. The van der Waals surface area contributed by atoms with Crippen LogP contribution in [0.2, 0.25) is 0 Å². The predicted octanol–water partition coefficient (Wildman–Crippen LogP) is 3.44. The minimum absolute atomic E-state index is 0.0585. The van der Waals surface area contributed by atoms with Gasteiger partial charge in [0.05, 0.1) is 5.92 Å². The van der Waals surface area contributed by atoms with Crippen molar-refractivity contribution in [3.05, 3.63) is 0 Å². The lowest BCUT2D eigenvalue weighted by molar-refractivity contribution is -0.185. The van der Waals surface area contributed by atoms with E-state index in [2.05, 4.69) is 0 Å². The summed E-state index contributed by atoms with van der Waals surface area (Å²) in [6.07, 6.45) is -3.36. The number of hydrogen-bond acceptors (Lipinski definition) is 1. The molecule has 106 valence electrons. The van der Waals surface area contributed by atoms with Crippen molar-refractivity contribution in [1.82, 2.24) is 4.90 Å². The Hall–Kier alpha value is -0.450. The molecule has 6 heteroatoms. The van der Waals surface area contributed by atoms with Crippen molar-refractivity contribution < 1.29 is 18.0 Å². The minimum Gasteiger partial charge on any atom is -0.342 e. The van der Waals surface area contributed by atoms with Crippen LogP contribution >= 0.6 is 11.6 Å². The quantitative estimate of drug-likeness (QED) is 0.728. The van der Waals surface area contributed by atoms with Gasteiger partial charge in [-0.3, -0.25) is 4.79 Å². The van der Waals surface area contributed by atoms with Crippen molar-refractivity contribution in [2.75, 3.05) is 12.9 Å². The fourth-order valence-electron chi connectivity index (χ4n) is 2.28. The standard InChI is InChI=1S/C12H19ClF3NO/c1-8(7-13)17(2)11(18)9-3-5-10(6-4-9)12(14,15)16/h8-10H,3-7H2,1-2H3. The second-order valence-corrected chi connectivity index (χ2v) is 5.35. The summed E-state index contributed by atoms with van der Waals surface area (Å²) in [6.45, 7) is 1.83. The molecule has 18 heavy (non-hydrogen) atoms. The molecule has 1 saturated carbocycles. The van der Waals surface area contributed by atoms with Gasteiger partial charge in [0.25, 0.3) is 0 Å². The van der Waals surface area contributed by atoms with E-state index in [0.29, 0.717) is 18.7 Å². The Labute approximate surface area is 110 Å². The average molecular weight is 286 g/mol. The zero-order chi connectivity index (χ0) is 13.9. The number of carbonyl (C=O) groups is 1. The monoisotopic (exact) mass is 285 g/mol. The van der Waals surface area contributed by atoms with Gasteiger partial charge in [0.1, 0.15) is 0 Å². The predicted molar refractivity (Wildman–Crippen MR) is 64.5 cm³/mol. The van der Waals surface area contributed by atoms with Gasteiger partial charge in [-0.15, -0.1) is 11.6 Å². The van der Waals surface area contributed by atoms with Crippen LogP contribution in [0.15, 0.2) is 0 Å². The molecular weight excluding hydrogens is 267 g/mol. The molecule has 2 nitrogen and oxygen atoms in total. The van der Waals surface area contributed by atoms with Crippen LogP contribution in [0, 0.1) is 11.8 Å². The third-order valence-corrected chi connectivity index (χ3v) is 4.22. The first-order valence-corrected chi connectivity index (χ1v) is 6.70. The first-order chi connectivity index (χ1) is 8.27. The van der Waals surface area contributed by atoms with Crippen LogP contribution in [0.4, 0.5) is 13.2 Å². The van der Waals surface area contributed by atoms with E-state index in [1.807, 2.05) is 6.92 Å². The maximum Gasteiger partial charge on any atom is 0.391 e. The van der Waals surface area contributed by atoms with Gasteiger partial charge in [-0.05, 0) is 32.6 Å². The summed E-state index contributed by atoms with van der Waals surface area (Å²) >= 11 is 5.67. The van der Waals surface area contributed by atoms with E-state index in [0.717, 1.165) is 0 Å². The molecule has 0 radical (unpaired) electrons. The molecule has 1 atom stereocenters. The fraction of sp³-hybridized carbons (Fsp3) is 0.917. The van der Waals surface area contributed by atoms with Gasteiger partial charge in [0.2, 0.25) is 5.91 Å². The molecule has 1 fully saturated rings. The number of alkyl halides is 4. The molecule has 1 amide bonds. The highest BCUT2D eigenvalue weighted by Gasteiger charge is 2.42. The van der Waals surface area contributed by atoms with Crippen molar-refractivity contribution in [2.45, 2.75) is 44.8 Å². The molecule has 1 aliphatic carbocycles. The SMILES string of the molecule is CC(CCl)N(C)C(=O)C1CCC(C(F)(F)F)CC1. The molecule has 1 unspecified atom stereocenters. The second-order valence-electron chi connectivity index (χ2n) is 5.04. The molecule has 0 heterocycles. The zero-order valence-corrected chi connectivity index (χ0v) is 11.4. The average Bonchev–Trinajstić information content (AvgIpc) is 2.35. The summed E-state index contributed by atoms with van der Waals surface area (Å²) in [5, 5.41) is 0. The molecule has 0 aromatic rings. The smallest absolute Gasteiger partial charge is 0.342 e. The number of amides is 1. The Morgan fingerprint density at radius 1 is 1.33 bits per heavy atom. The van der Waals surface area contributed by atoms with Gasteiger partial charge in [-0.25, -0.2) is 0 Å². The van der Waals surface area contributed by atoms with Crippen molar-refractivity contribution >= 4 is 17.5 Å². The van der Waals surface area contributed by atoms with E-state index >= 15 is 0 Å². The van der Waals surface area contributed by atoms with Crippen LogP contribution in [0.5, 0.6) is 0 Å². The summed E-state index contributed by atoms with van der Waals surface area (Å²) in [5.41, 5.74) is 0. The first kappa shape index (κ1) is 15.6. The van der Waals surface area contributed by atoms with Gasteiger partial charge in [0.15, 0.2) is 0 Å². The Balaban J connectivity index is 2.50. The maximum atomic E-state index is 12.5. The van der Waals surface area contributed by atoms with Gasteiger partial charge in [-0.2, -0.15) is 13.2 Å². The lowest BCUT2D eigenvalue weighted by Gasteiger charge is -2.33. The molecule has 1 rings (SSSR count). The molecular formula is C12H19ClF3NO. The fourth-order valence-corrected chi connectivity index (χ4v) is 2.48. The number of nitrogens with zero attached hydrogens (tertiary/aromatic N) is 1. The molecule has 0 bridgehead atoms. The molecule has 0 aliphatic heterocycles. The van der Waals surface area contributed by atoms with Crippen molar-refractivity contribution in [3.63, 3.8) is 0 Å². The molecule has 0 aromatic carbocycles. The summed E-state index contributed by atoms with van der Waals surface area (Å²) in [7, 11) is 1.66. The molecule has 0 saturated heterocycles. The van der Waals surface area contributed by atoms with Crippen LogP contribution in [-0.4, -0.2) is 36.0 Å². The van der Waals surface area contributed by atoms with E-state index in [-0.39, 0.29) is 30.7 Å². The van der Waals surface area contributed by atoms with Gasteiger partial charge >= 0.3 is 6.18 Å². The Kier molecular flexibility index (Phi) is 5.32. The first-order valence-electron chi connectivity index (χ1n) is 6.16. The lowest BCUT2D eigenvalue weighted by Crippen LogP contribution is -2.42. The highest BCUT2D eigenvalue weighted by Crippen LogP contribution is 2.39. The van der Waals surface area contributed by atoms with Crippen LogP contribution < -0.4 is 0 Å². The highest BCUT2D eigenvalue weighted by molar-refractivity contribution is 6.18. The van der Waals surface area contributed by atoms with E-state index in [1.165, 1.54) is 0 Å². The van der Waals surface area contributed by atoms with Crippen LogP contribution in [0.25, 0.3) is 0 Å². The third kappa shape index (κ3) is 3.77. The summed E-state index contributed by atoms with van der Waals surface area (Å²) in [4.78, 5) is 13.6. The van der Waals surface area contributed by atoms with Crippen molar-refractivity contribution in [2.24, 2.45) is 11.8 Å². The molecule has 0 spiro atoms. The van der Waals surface area contributed by atoms with Crippen LogP contribution in [-0.2, 0) is 4.79 Å². The van der Waals surface area contributed by atoms with Crippen LogP contribution in [0.1, 0.15) is 32.6 Å². The largest absolute Gasteiger partial charge is 0.391 e. The Bertz CT molecular complexity index is 288. The Morgan fingerprint density at radius 2 is 1.83 bits per heavy atom. The van der Waals surface area contributed by atoms with Gasteiger partial charge < -0.3 is 4.90 Å². The third-order valence-electron chi connectivity index (χ3n) is 3.77. The molecule has 1 aliphatic rings. The number of rotatable bonds is 3. The van der Waals surface area contributed by atoms with Crippen molar-refractivity contribution in [3.8, 4) is 0 Å². The minimum atomic E-state index is -4.12. The summed E-state index contributed by atoms with van der Waals surface area (Å²) in [6, 6.07) is -0.0838. The number of hydrogen-bond donors (Lipinski definition) is 0. The lowest BCUT2D eigenvalue weighted by atomic mass is 9.81. The van der Waals surface area contributed by atoms with Gasteiger partial charge in [-0.1, -0.05) is 0 Å². The van der Waals surface area contributed by atoms with Gasteiger partial charge in [0, 0.05) is 24.9 Å². The van der Waals surface area contributed by atoms with Crippen molar-refractivity contribution in [1.29, 1.82) is 0 Å². The second kappa shape index (κ2) is 6.13. The molecule has 0 aromatic heterocycles. The highest BCUT2D eigenvalue weighted by atomic mass is 35.5. The van der Waals surface area contributed by atoms with E-state index in [9.17, 15) is 18.0 Å². The summed E-state index contributed by atoms with van der Waals surface area (Å²) < 4.78 is 37.5. The number of halogens is 4.